The van der Waals surface area contributed by atoms with Gasteiger partial charge in [-0.3, -0.25) is 9.59 Å². The molecule has 4 rings (SSSR count). The monoisotopic (exact) mass is 353 g/mol. The summed E-state index contributed by atoms with van der Waals surface area (Å²) in [6.07, 6.45) is 2.42. The summed E-state index contributed by atoms with van der Waals surface area (Å²) in [5.41, 5.74) is 1.79. The standard InChI is InChI=1S/C20H23N3O3/c1-13(2)17-11-16(22-26-17)19(25)23-10-9-20(12-23)8-7-14-5-3-4-6-15(14)18(24)21-20/h3-6,11,13H,7-10,12H2,1-2H3,(H,21,24). The summed E-state index contributed by atoms with van der Waals surface area (Å²) in [5.74, 6) is 0.721. The number of hydrogen-bond acceptors (Lipinski definition) is 4. The van der Waals surface area contributed by atoms with Crippen LogP contribution in [0, 0.1) is 0 Å². The molecule has 6 heteroatoms. The highest BCUT2D eigenvalue weighted by Crippen LogP contribution is 2.31. The first-order valence-electron chi connectivity index (χ1n) is 9.14. The zero-order chi connectivity index (χ0) is 18.3. The summed E-state index contributed by atoms with van der Waals surface area (Å²) in [5, 5.41) is 7.12. The lowest BCUT2D eigenvalue weighted by molar-refractivity contribution is 0.0755. The van der Waals surface area contributed by atoms with E-state index in [4.69, 9.17) is 4.52 Å². The van der Waals surface area contributed by atoms with Crippen LogP contribution in [0.3, 0.4) is 0 Å². The number of nitrogens with one attached hydrogen (secondary N) is 1. The van der Waals surface area contributed by atoms with Gasteiger partial charge in [-0.05, 0) is 30.9 Å². The van der Waals surface area contributed by atoms with Gasteiger partial charge >= 0.3 is 0 Å². The van der Waals surface area contributed by atoms with E-state index in [2.05, 4.69) is 10.5 Å². The molecule has 2 amide bonds. The van der Waals surface area contributed by atoms with Crippen LogP contribution in [0.25, 0.3) is 0 Å². The molecule has 1 N–H and O–H groups in total. The fourth-order valence-corrected chi connectivity index (χ4v) is 3.88. The van der Waals surface area contributed by atoms with Gasteiger partial charge in [0, 0.05) is 30.6 Å². The topological polar surface area (TPSA) is 75.4 Å². The van der Waals surface area contributed by atoms with Gasteiger partial charge in [-0.15, -0.1) is 0 Å². The smallest absolute Gasteiger partial charge is 0.276 e. The number of carbonyl (C=O) groups is 2. The number of fused-ring (bicyclic) bond motifs is 1. The lowest BCUT2D eigenvalue weighted by atomic mass is 9.91. The number of aromatic nitrogens is 1. The Labute approximate surface area is 152 Å². The SMILES string of the molecule is CC(C)c1cc(C(=O)N2CCC3(CCc4ccccc4C(=O)N3)C2)no1. The first kappa shape index (κ1) is 16.8. The van der Waals surface area contributed by atoms with Crippen LogP contribution in [0.4, 0.5) is 0 Å². The minimum Gasteiger partial charge on any atom is -0.360 e. The van der Waals surface area contributed by atoms with Crippen molar-refractivity contribution in [3.8, 4) is 0 Å². The zero-order valence-corrected chi connectivity index (χ0v) is 15.1. The van der Waals surface area contributed by atoms with E-state index in [1.54, 1.807) is 11.0 Å². The van der Waals surface area contributed by atoms with E-state index in [-0.39, 0.29) is 23.3 Å². The third kappa shape index (κ3) is 2.89. The molecule has 1 aromatic carbocycles. The van der Waals surface area contributed by atoms with Crippen molar-refractivity contribution in [3.05, 3.63) is 52.9 Å². The van der Waals surface area contributed by atoms with Crippen molar-refractivity contribution in [2.24, 2.45) is 0 Å². The Morgan fingerprint density at radius 2 is 2.12 bits per heavy atom. The minimum absolute atomic E-state index is 0.0454. The Morgan fingerprint density at radius 3 is 2.88 bits per heavy atom. The molecule has 26 heavy (non-hydrogen) atoms. The van der Waals surface area contributed by atoms with Gasteiger partial charge in [0.15, 0.2) is 5.69 Å². The van der Waals surface area contributed by atoms with Crippen molar-refractivity contribution >= 4 is 11.8 Å². The largest absolute Gasteiger partial charge is 0.360 e. The molecule has 2 aromatic rings. The molecule has 3 heterocycles. The normalized spacial score (nSPS) is 22.4. The molecule has 1 aromatic heterocycles. The van der Waals surface area contributed by atoms with Crippen LogP contribution >= 0.6 is 0 Å². The van der Waals surface area contributed by atoms with Gasteiger partial charge in [0.25, 0.3) is 11.8 Å². The Bertz CT molecular complexity index is 857. The Hall–Kier alpha value is -2.63. The maximum Gasteiger partial charge on any atom is 0.276 e. The molecule has 2 aliphatic heterocycles. The molecule has 0 radical (unpaired) electrons. The van der Waals surface area contributed by atoms with Crippen molar-refractivity contribution < 1.29 is 14.1 Å². The molecule has 1 fully saturated rings. The van der Waals surface area contributed by atoms with Crippen LogP contribution in [0.5, 0.6) is 0 Å². The second kappa shape index (κ2) is 6.27. The van der Waals surface area contributed by atoms with Crippen LogP contribution in [0.15, 0.2) is 34.9 Å². The lowest BCUT2D eigenvalue weighted by Gasteiger charge is -2.28. The van der Waals surface area contributed by atoms with Crippen LogP contribution in [0.1, 0.15) is 64.8 Å². The quantitative estimate of drug-likeness (QED) is 0.901. The highest BCUT2D eigenvalue weighted by molar-refractivity contribution is 5.97. The second-order valence-corrected chi connectivity index (χ2v) is 7.64. The van der Waals surface area contributed by atoms with Crippen LogP contribution < -0.4 is 5.32 Å². The number of benzene rings is 1. The van der Waals surface area contributed by atoms with Crippen molar-refractivity contribution in [2.45, 2.75) is 44.6 Å². The van der Waals surface area contributed by atoms with E-state index in [1.807, 2.05) is 38.1 Å². The molecule has 1 saturated heterocycles. The van der Waals surface area contributed by atoms with Crippen molar-refractivity contribution in [3.63, 3.8) is 0 Å². The Morgan fingerprint density at radius 1 is 1.31 bits per heavy atom. The zero-order valence-electron chi connectivity index (χ0n) is 15.1. The number of likely N-dealkylation sites (tertiary alicyclic amines) is 1. The first-order valence-corrected chi connectivity index (χ1v) is 9.14. The molecule has 1 atom stereocenters. The van der Waals surface area contributed by atoms with E-state index >= 15 is 0 Å². The minimum atomic E-state index is -0.365. The van der Waals surface area contributed by atoms with E-state index < -0.39 is 0 Å². The van der Waals surface area contributed by atoms with Gasteiger partial charge in [-0.1, -0.05) is 37.2 Å². The van der Waals surface area contributed by atoms with Gasteiger partial charge in [0.05, 0.1) is 5.54 Å². The highest BCUT2D eigenvalue weighted by atomic mass is 16.5. The summed E-state index contributed by atoms with van der Waals surface area (Å²) >= 11 is 0. The molecule has 6 nitrogen and oxygen atoms in total. The lowest BCUT2D eigenvalue weighted by Crippen LogP contribution is -2.50. The maximum atomic E-state index is 12.8. The summed E-state index contributed by atoms with van der Waals surface area (Å²) in [6, 6.07) is 9.45. The average molecular weight is 353 g/mol. The predicted octanol–water partition coefficient (Wildman–Crippen LogP) is 2.76. The van der Waals surface area contributed by atoms with E-state index in [0.29, 0.717) is 24.5 Å². The first-order chi connectivity index (χ1) is 12.5. The third-order valence-corrected chi connectivity index (χ3v) is 5.47. The van der Waals surface area contributed by atoms with Gasteiger partial charge in [0.2, 0.25) is 0 Å². The van der Waals surface area contributed by atoms with E-state index in [1.165, 1.54) is 0 Å². The van der Waals surface area contributed by atoms with Gasteiger partial charge < -0.3 is 14.7 Å². The third-order valence-electron chi connectivity index (χ3n) is 5.47. The van der Waals surface area contributed by atoms with Crippen molar-refractivity contribution in [1.82, 2.24) is 15.4 Å². The number of amides is 2. The highest BCUT2D eigenvalue weighted by Gasteiger charge is 2.43. The van der Waals surface area contributed by atoms with E-state index in [0.717, 1.165) is 30.4 Å². The number of aryl methyl sites for hydroxylation is 1. The van der Waals surface area contributed by atoms with Gasteiger partial charge in [-0.2, -0.15) is 0 Å². The summed E-state index contributed by atoms with van der Waals surface area (Å²) in [6.45, 7) is 5.12. The summed E-state index contributed by atoms with van der Waals surface area (Å²) in [4.78, 5) is 27.2. The molecule has 1 spiro atoms. The molecular formula is C20H23N3O3. The van der Waals surface area contributed by atoms with Crippen LogP contribution in [0.2, 0.25) is 0 Å². The Kier molecular flexibility index (Phi) is 4.05. The molecule has 1 unspecified atom stereocenters. The molecule has 2 aliphatic rings. The fourth-order valence-electron chi connectivity index (χ4n) is 3.88. The van der Waals surface area contributed by atoms with E-state index in [9.17, 15) is 9.59 Å². The van der Waals surface area contributed by atoms with Crippen molar-refractivity contribution in [2.75, 3.05) is 13.1 Å². The number of rotatable bonds is 2. The van der Waals surface area contributed by atoms with Gasteiger partial charge in [-0.25, -0.2) is 0 Å². The van der Waals surface area contributed by atoms with Crippen molar-refractivity contribution in [1.29, 1.82) is 0 Å². The van der Waals surface area contributed by atoms with Crippen LogP contribution in [-0.2, 0) is 6.42 Å². The van der Waals surface area contributed by atoms with Crippen LogP contribution in [-0.4, -0.2) is 40.5 Å². The molecule has 0 aliphatic carbocycles. The number of carbonyl (C=O) groups excluding carboxylic acids is 2. The molecular weight excluding hydrogens is 330 g/mol. The van der Waals surface area contributed by atoms with Gasteiger partial charge in [0.1, 0.15) is 5.76 Å². The molecule has 0 bridgehead atoms. The molecule has 136 valence electrons. The molecule has 0 saturated carbocycles. The predicted molar refractivity (Wildman–Crippen MR) is 96.1 cm³/mol. The Balaban J connectivity index is 1.51. The average Bonchev–Trinajstić information content (AvgIpc) is 3.25. The number of nitrogens with zero attached hydrogens (tertiary/aromatic N) is 2. The summed E-state index contributed by atoms with van der Waals surface area (Å²) < 4.78 is 5.26. The fraction of sp³-hybridized carbons (Fsp3) is 0.450. The maximum absolute atomic E-state index is 12.8. The second-order valence-electron chi connectivity index (χ2n) is 7.64. The number of hydrogen-bond donors (Lipinski definition) is 1. The summed E-state index contributed by atoms with van der Waals surface area (Å²) in [7, 11) is 0.